The third-order valence-corrected chi connectivity index (χ3v) is 3.54. The normalized spacial score (nSPS) is 19.9. The van der Waals surface area contributed by atoms with Crippen LogP contribution in [0.2, 0.25) is 0 Å². The molecule has 1 heterocycles. The summed E-state index contributed by atoms with van der Waals surface area (Å²) < 4.78 is 0. The molecule has 0 saturated carbocycles. The molecule has 21 heavy (non-hydrogen) atoms. The van der Waals surface area contributed by atoms with Crippen LogP contribution in [-0.2, 0) is 14.4 Å². The molecular formula is C13H21N3O5. The number of carboxylic acid groups (broad SMARTS) is 1. The number of hydrogen-bond acceptors (Lipinski definition) is 4. The van der Waals surface area contributed by atoms with E-state index >= 15 is 0 Å². The van der Waals surface area contributed by atoms with Gasteiger partial charge in [0.15, 0.2) is 0 Å². The Morgan fingerprint density at radius 1 is 1.33 bits per heavy atom. The van der Waals surface area contributed by atoms with Crippen LogP contribution in [0.1, 0.15) is 34.1 Å². The lowest BCUT2D eigenvalue weighted by Crippen LogP contribution is -2.42. The van der Waals surface area contributed by atoms with Crippen LogP contribution in [0.25, 0.3) is 0 Å². The van der Waals surface area contributed by atoms with Crippen LogP contribution in [0.4, 0.5) is 4.79 Å². The van der Waals surface area contributed by atoms with Gasteiger partial charge >= 0.3 is 12.0 Å². The van der Waals surface area contributed by atoms with E-state index in [2.05, 4.69) is 10.6 Å². The van der Waals surface area contributed by atoms with Gasteiger partial charge in [0.1, 0.15) is 5.54 Å². The average molecular weight is 299 g/mol. The van der Waals surface area contributed by atoms with Crippen LogP contribution >= 0.6 is 0 Å². The molecule has 1 saturated heterocycles. The second-order valence-electron chi connectivity index (χ2n) is 5.75. The molecule has 2 atom stereocenters. The van der Waals surface area contributed by atoms with E-state index in [9.17, 15) is 19.2 Å². The SMILES string of the molecule is CC(NC(=O)CCN1C(=O)NC(C)(C)C1=O)C(C)C(=O)O. The Balaban J connectivity index is 2.49. The quantitative estimate of drug-likeness (QED) is 0.594. The Kier molecular flexibility index (Phi) is 4.93. The van der Waals surface area contributed by atoms with Crippen molar-refractivity contribution in [3.8, 4) is 0 Å². The van der Waals surface area contributed by atoms with E-state index in [0.29, 0.717) is 0 Å². The monoisotopic (exact) mass is 299 g/mol. The molecule has 1 fully saturated rings. The maximum atomic E-state index is 11.9. The van der Waals surface area contributed by atoms with E-state index in [1.54, 1.807) is 20.8 Å². The molecule has 0 bridgehead atoms. The van der Waals surface area contributed by atoms with E-state index in [1.807, 2.05) is 0 Å². The number of hydrogen-bond donors (Lipinski definition) is 3. The summed E-state index contributed by atoms with van der Waals surface area (Å²) >= 11 is 0. The summed E-state index contributed by atoms with van der Waals surface area (Å²) in [5.41, 5.74) is -0.960. The van der Waals surface area contributed by atoms with Gasteiger partial charge in [0.05, 0.1) is 5.92 Å². The number of nitrogens with zero attached hydrogens (tertiary/aromatic N) is 1. The number of amides is 4. The molecule has 1 aliphatic rings. The first-order chi connectivity index (χ1) is 9.56. The molecule has 118 valence electrons. The number of rotatable bonds is 6. The molecule has 4 amide bonds. The van der Waals surface area contributed by atoms with Gasteiger partial charge in [-0.3, -0.25) is 19.3 Å². The van der Waals surface area contributed by atoms with E-state index in [-0.39, 0.29) is 18.9 Å². The number of imide groups is 1. The largest absolute Gasteiger partial charge is 0.481 e. The lowest BCUT2D eigenvalue weighted by atomic mass is 10.0. The molecule has 0 aromatic rings. The minimum Gasteiger partial charge on any atom is -0.481 e. The minimum atomic E-state index is -1.00. The van der Waals surface area contributed by atoms with Gasteiger partial charge in [-0.1, -0.05) is 0 Å². The van der Waals surface area contributed by atoms with Crippen molar-refractivity contribution in [2.45, 2.75) is 45.7 Å². The zero-order valence-corrected chi connectivity index (χ0v) is 12.6. The molecule has 3 N–H and O–H groups in total. The predicted molar refractivity (Wildman–Crippen MR) is 73.3 cm³/mol. The fraction of sp³-hybridized carbons (Fsp3) is 0.692. The number of urea groups is 1. The maximum Gasteiger partial charge on any atom is 0.325 e. The summed E-state index contributed by atoms with van der Waals surface area (Å²) in [6, 6.07) is -1.06. The molecule has 0 spiro atoms. The highest BCUT2D eigenvalue weighted by Gasteiger charge is 2.44. The van der Waals surface area contributed by atoms with Crippen LogP contribution in [-0.4, -0.2) is 51.9 Å². The van der Waals surface area contributed by atoms with Gasteiger partial charge in [0, 0.05) is 19.0 Å². The molecule has 0 aromatic carbocycles. The summed E-state index contributed by atoms with van der Waals surface area (Å²) in [5, 5.41) is 13.9. The van der Waals surface area contributed by atoms with Crippen molar-refractivity contribution >= 4 is 23.8 Å². The lowest BCUT2D eigenvalue weighted by molar-refractivity contribution is -0.142. The fourth-order valence-electron chi connectivity index (χ4n) is 1.90. The first-order valence-electron chi connectivity index (χ1n) is 6.72. The maximum absolute atomic E-state index is 11.9. The van der Waals surface area contributed by atoms with Crippen LogP contribution in [0, 0.1) is 5.92 Å². The van der Waals surface area contributed by atoms with Crippen molar-refractivity contribution in [2.75, 3.05) is 6.54 Å². The van der Waals surface area contributed by atoms with Crippen molar-refractivity contribution in [1.29, 1.82) is 0 Å². The average Bonchev–Trinajstić information content (AvgIpc) is 2.55. The molecule has 1 rings (SSSR count). The van der Waals surface area contributed by atoms with Crippen LogP contribution in [0.3, 0.4) is 0 Å². The Morgan fingerprint density at radius 2 is 1.90 bits per heavy atom. The molecule has 0 aromatic heterocycles. The third-order valence-electron chi connectivity index (χ3n) is 3.54. The number of carbonyl (C=O) groups excluding carboxylic acids is 3. The highest BCUT2D eigenvalue weighted by Crippen LogP contribution is 2.16. The van der Waals surface area contributed by atoms with Crippen molar-refractivity contribution in [3.05, 3.63) is 0 Å². The number of nitrogens with one attached hydrogen (secondary N) is 2. The highest BCUT2D eigenvalue weighted by atomic mass is 16.4. The van der Waals surface area contributed by atoms with Crippen LogP contribution in [0.15, 0.2) is 0 Å². The summed E-state index contributed by atoms with van der Waals surface area (Å²) in [6.45, 7) is 6.22. The fourth-order valence-corrected chi connectivity index (χ4v) is 1.90. The van der Waals surface area contributed by atoms with Crippen molar-refractivity contribution in [2.24, 2.45) is 5.92 Å². The Morgan fingerprint density at radius 3 is 2.33 bits per heavy atom. The molecule has 8 heteroatoms. The van der Waals surface area contributed by atoms with Crippen molar-refractivity contribution in [1.82, 2.24) is 15.5 Å². The van der Waals surface area contributed by atoms with Gasteiger partial charge in [-0.25, -0.2) is 4.79 Å². The summed E-state index contributed by atoms with van der Waals surface area (Å²) in [5.74, 6) is -2.50. The van der Waals surface area contributed by atoms with Crippen LogP contribution in [0.5, 0.6) is 0 Å². The van der Waals surface area contributed by atoms with Crippen LogP contribution < -0.4 is 10.6 Å². The van der Waals surface area contributed by atoms with E-state index < -0.39 is 35.4 Å². The third kappa shape index (κ3) is 3.93. The van der Waals surface area contributed by atoms with E-state index in [4.69, 9.17) is 5.11 Å². The van der Waals surface area contributed by atoms with Gasteiger partial charge in [-0.15, -0.1) is 0 Å². The smallest absolute Gasteiger partial charge is 0.325 e. The molecule has 0 radical (unpaired) electrons. The second kappa shape index (κ2) is 6.11. The van der Waals surface area contributed by atoms with Gasteiger partial charge in [0.2, 0.25) is 5.91 Å². The molecule has 2 unspecified atom stereocenters. The number of carbonyl (C=O) groups is 4. The number of aliphatic carboxylic acids is 1. The minimum absolute atomic E-state index is 0.0336. The van der Waals surface area contributed by atoms with Crippen molar-refractivity contribution < 1.29 is 24.3 Å². The number of carboxylic acids is 1. The first kappa shape index (κ1) is 16.9. The predicted octanol–water partition coefficient (Wildman–Crippen LogP) is -0.0677. The highest BCUT2D eigenvalue weighted by molar-refractivity contribution is 6.06. The Hall–Kier alpha value is -2.12. The second-order valence-corrected chi connectivity index (χ2v) is 5.75. The molecule has 8 nitrogen and oxygen atoms in total. The molecule has 0 aliphatic carbocycles. The Bertz CT molecular complexity index is 474. The molecule has 1 aliphatic heterocycles. The van der Waals surface area contributed by atoms with Crippen molar-refractivity contribution in [3.63, 3.8) is 0 Å². The summed E-state index contributed by atoms with van der Waals surface area (Å²) in [4.78, 5) is 47.0. The van der Waals surface area contributed by atoms with E-state index in [0.717, 1.165) is 4.90 Å². The van der Waals surface area contributed by atoms with E-state index in [1.165, 1.54) is 6.92 Å². The summed E-state index contributed by atoms with van der Waals surface area (Å²) in [6.07, 6.45) is -0.0636. The standard InChI is InChI=1S/C13H21N3O5/c1-7(10(18)19)8(2)14-9(17)5-6-16-11(20)13(3,4)15-12(16)21/h7-8H,5-6H2,1-4H3,(H,14,17)(H,15,21)(H,18,19). The zero-order valence-electron chi connectivity index (χ0n) is 12.6. The molecular weight excluding hydrogens is 278 g/mol. The van der Waals surface area contributed by atoms with Gasteiger partial charge in [0.25, 0.3) is 5.91 Å². The van der Waals surface area contributed by atoms with Gasteiger partial charge < -0.3 is 15.7 Å². The first-order valence-corrected chi connectivity index (χ1v) is 6.72. The van der Waals surface area contributed by atoms with Gasteiger partial charge in [-0.2, -0.15) is 0 Å². The zero-order chi connectivity index (χ0) is 16.4. The summed E-state index contributed by atoms with van der Waals surface area (Å²) in [7, 11) is 0. The lowest BCUT2D eigenvalue weighted by Gasteiger charge is -2.19. The Labute approximate surface area is 122 Å². The van der Waals surface area contributed by atoms with Gasteiger partial charge in [-0.05, 0) is 27.7 Å². The topological polar surface area (TPSA) is 116 Å².